The predicted octanol–water partition coefficient (Wildman–Crippen LogP) is 4.60. The number of hydrogen-bond donors (Lipinski definition) is 1. The van der Waals surface area contributed by atoms with Crippen LogP contribution in [0, 0.1) is 5.82 Å². The van der Waals surface area contributed by atoms with Crippen LogP contribution in [0.3, 0.4) is 0 Å². The molecule has 0 bridgehead atoms. The average molecular weight is 451 g/mol. The summed E-state index contributed by atoms with van der Waals surface area (Å²) in [5, 5.41) is 13.3. The molecule has 0 radical (unpaired) electrons. The molecule has 1 amide bonds. The van der Waals surface area contributed by atoms with Gasteiger partial charge in [0, 0.05) is 36.0 Å². The van der Waals surface area contributed by atoms with Crippen molar-refractivity contribution in [1.82, 2.24) is 19.5 Å². The van der Waals surface area contributed by atoms with E-state index in [1.54, 1.807) is 28.8 Å². The number of nitrogens with zero attached hydrogens (tertiary/aromatic N) is 4. The van der Waals surface area contributed by atoms with Gasteiger partial charge in [0.25, 0.3) is 5.91 Å². The van der Waals surface area contributed by atoms with Crippen LogP contribution in [-0.2, 0) is 11.2 Å². The minimum atomic E-state index is -1.10. The fourth-order valence-electron chi connectivity index (χ4n) is 4.26. The minimum Gasteiger partial charge on any atom is -0.478 e. The van der Waals surface area contributed by atoms with Crippen molar-refractivity contribution in [1.29, 1.82) is 0 Å². The van der Waals surface area contributed by atoms with Crippen molar-refractivity contribution in [2.24, 2.45) is 0 Å². The third kappa shape index (κ3) is 4.79. The summed E-state index contributed by atoms with van der Waals surface area (Å²) < 4.78 is 16.4. The van der Waals surface area contributed by atoms with E-state index >= 15 is 0 Å². The van der Waals surface area contributed by atoms with Gasteiger partial charge < -0.3 is 10.0 Å². The number of rotatable bonds is 5. The predicted molar refractivity (Wildman–Crippen MR) is 123 cm³/mol. The summed E-state index contributed by atoms with van der Waals surface area (Å²) in [6, 6.07) is 8.09. The van der Waals surface area contributed by atoms with Crippen LogP contribution in [0.4, 0.5) is 4.39 Å². The summed E-state index contributed by atoms with van der Waals surface area (Å²) in [6.45, 7) is 4.79. The molecular formula is C25H27FN4O3. The quantitative estimate of drug-likeness (QED) is 0.574. The molecule has 7 nitrogen and oxygen atoms in total. The number of aliphatic carboxylic acids is 1. The molecule has 3 heterocycles. The fraction of sp³-hybridized carbons (Fsp3) is 0.360. The number of halogens is 1. The third-order valence-electron chi connectivity index (χ3n) is 6.08. The highest BCUT2D eigenvalue weighted by Crippen LogP contribution is 2.26. The van der Waals surface area contributed by atoms with Crippen molar-refractivity contribution < 1.29 is 19.1 Å². The normalized spacial score (nSPS) is 16.9. The molecule has 33 heavy (non-hydrogen) atoms. The fourth-order valence-corrected chi connectivity index (χ4v) is 4.26. The lowest BCUT2D eigenvalue weighted by molar-refractivity contribution is -0.131. The lowest BCUT2D eigenvalue weighted by atomic mass is 10.1. The van der Waals surface area contributed by atoms with Gasteiger partial charge >= 0.3 is 5.97 Å². The molecule has 1 aromatic carbocycles. The lowest BCUT2D eigenvalue weighted by Crippen LogP contribution is -2.38. The van der Waals surface area contributed by atoms with Crippen LogP contribution in [0.25, 0.3) is 23.0 Å². The Balaban J connectivity index is 1.70. The first-order chi connectivity index (χ1) is 15.9. The maximum absolute atomic E-state index is 14.8. The van der Waals surface area contributed by atoms with Crippen molar-refractivity contribution >= 4 is 23.6 Å². The molecular weight excluding hydrogens is 423 g/mol. The molecule has 1 atom stereocenters. The number of fused-ring (bicyclic) bond motifs is 1. The van der Waals surface area contributed by atoms with Crippen molar-refractivity contribution in [3.63, 3.8) is 0 Å². The van der Waals surface area contributed by atoms with E-state index in [-0.39, 0.29) is 17.5 Å². The molecule has 8 heteroatoms. The van der Waals surface area contributed by atoms with Gasteiger partial charge in [0.05, 0.1) is 5.69 Å². The second-order valence-electron chi connectivity index (χ2n) is 8.39. The highest BCUT2D eigenvalue weighted by Gasteiger charge is 2.25. The Hall–Kier alpha value is -3.55. The molecule has 0 spiro atoms. The van der Waals surface area contributed by atoms with E-state index in [0.29, 0.717) is 29.0 Å². The van der Waals surface area contributed by atoms with Gasteiger partial charge in [-0.2, -0.15) is 5.10 Å². The second-order valence-corrected chi connectivity index (χ2v) is 8.39. The van der Waals surface area contributed by atoms with Gasteiger partial charge in [-0.05, 0) is 56.0 Å². The van der Waals surface area contributed by atoms with E-state index in [1.807, 2.05) is 11.8 Å². The monoisotopic (exact) mass is 450 g/mol. The number of aryl methyl sites for hydroxylation is 1. The van der Waals surface area contributed by atoms with E-state index in [9.17, 15) is 14.0 Å². The molecule has 0 aliphatic carbocycles. The molecule has 1 unspecified atom stereocenters. The summed E-state index contributed by atoms with van der Waals surface area (Å²) in [5.74, 6) is -1.69. The number of carbonyl (C=O) groups is 2. The number of carboxylic acids is 1. The summed E-state index contributed by atoms with van der Waals surface area (Å²) in [4.78, 5) is 30.5. The van der Waals surface area contributed by atoms with Gasteiger partial charge in [0.15, 0.2) is 5.65 Å². The van der Waals surface area contributed by atoms with E-state index < -0.39 is 11.8 Å². The molecule has 1 aliphatic rings. The summed E-state index contributed by atoms with van der Waals surface area (Å²) >= 11 is 0. The summed E-state index contributed by atoms with van der Waals surface area (Å²) in [5.41, 5.74) is 2.81. The molecule has 172 valence electrons. The smallest absolute Gasteiger partial charge is 0.328 e. The van der Waals surface area contributed by atoms with Crippen LogP contribution < -0.4 is 0 Å². The number of benzene rings is 1. The number of hydrogen-bond acceptors (Lipinski definition) is 4. The van der Waals surface area contributed by atoms with Crippen LogP contribution >= 0.6 is 0 Å². The van der Waals surface area contributed by atoms with Crippen LogP contribution in [0.5, 0.6) is 0 Å². The number of carboxylic acid groups (broad SMARTS) is 1. The average Bonchev–Trinajstić information content (AvgIpc) is 3.10. The topological polar surface area (TPSA) is 87.8 Å². The van der Waals surface area contributed by atoms with Crippen molar-refractivity contribution in [2.45, 2.75) is 52.0 Å². The van der Waals surface area contributed by atoms with Gasteiger partial charge in [-0.15, -0.1) is 0 Å². The highest BCUT2D eigenvalue weighted by atomic mass is 19.1. The molecule has 0 saturated carbocycles. The Kier molecular flexibility index (Phi) is 6.53. The number of likely N-dealkylation sites (tertiary alicyclic amines) is 1. The van der Waals surface area contributed by atoms with E-state index in [1.165, 1.54) is 12.1 Å². The SMILES string of the molecule is CCc1cc(C(=O)N2CCCCCC2C)nc2cc(-c3ccc(/C=C/C(=O)O)cc3F)nn12. The Bertz CT molecular complexity index is 1230. The number of aromatic nitrogens is 3. The minimum absolute atomic E-state index is 0.0786. The van der Waals surface area contributed by atoms with Gasteiger partial charge in [-0.3, -0.25) is 4.79 Å². The van der Waals surface area contributed by atoms with Crippen LogP contribution in [0.2, 0.25) is 0 Å². The Morgan fingerprint density at radius 2 is 2.03 bits per heavy atom. The number of carbonyl (C=O) groups excluding carboxylic acids is 1. The first-order valence-corrected chi connectivity index (χ1v) is 11.3. The standard InChI is InChI=1S/C25H27FN4O3/c1-3-18-14-22(25(33)29-12-6-4-5-7-16(29)2)27-23-15-21(28-30(18)23)19-10-8-17(13-20(19)26)9-11-24(31)32/h8-11,13-16H,3-7,12H2,1-2H3,(H,31,32)/b11-9+. The Labute approximate surface area is 191 Å². The van der Waals surface area contributed by atoms with E-state index in [2.05, 4.69) is 17.0 Å². The first-order valence-electron chi connectivity index (χ1n) is 11.3. The maximum Gasteiger partial charge on any atom is 0.328 e. The molecule has 1 saturated heterocycles. The molecule has 4 rings (SSSR count). The number of amides is 1. The lowest BCUT2D eigenvalue weighted by Gasteiger charge is -2.27. The molecule has 1 aliphatic heterocycles. The van der Waals surface area contributed by atoms with E-state index in [0.717, 1.165) is 44.0 Å². The summed E-state index contributed by atoms with van der Waals surface area (Å²) in [6.07, 6.45) is 7.16. The molecule has 3 aromatic rings. The largest absolute Gasteiger partial charge is 0.478 e. The van der Waals surface area contributed by atoms with Gasteiger partial charge in [-0.1, -0.05) is 25.8 Å². The maximum atomic E-state index is 14.8. The second kappa shape index (κ2) is 9.52. The van der Waals surface area contributed by atoms with Gasteiger partial charge in [0.1, 0.15) is 11.5 Å². The molecule has 2 aromatic heterocycles. The summed E-state index contributed by atoms with van der Waals surface area (Å²) in [7, 11) is 0. The first kappa shape index (κ1) is 22.6. The highest BCUT2D eigenvalue weighted by molar-refractivity contribution is 5.93. The van der Waals surface area contributed by atoms with Crippen LogP contribution in [0.15, 0.2) is 36.4 Å². The Morgan fingerprint density at radius 1 is 1.21 bits per heavy atom. The zero-order valence-electron chi connectivity index (χ0n) is 18.8. The van der Waals surface area contributed by atoms with E-state index in [4.69, 9.17) is 5.11 Å². The van der Waals surface area contributed by atoms with Gasteiger partial charge in [0.2, 0.25) is 0 Å². The van der Waals surface area contributed by atoms with Crippen LogP contribution in [-0.4, -0.2) is 49.1 Å². The van der Waals surface area contributed by atoms with Gasteiger partial charge in [-0.25, -0.2) is 18.7 Å². The van der Waals surface area contributed by atoms with Crippen molar-refractivity contribution in [2.75, 3.05) is 6.54 Å². The zero-order valence-corrected chi connectivity index (χ0v) is 18.8. The molecule has 1 N–H and O–H groups in total. The van der Waals surface area contributed by atoms with Crippen LogP contribution in [0.1, 0.15) is 61.3 Å². The van der Waals surface area contributed by atoms with Crippen molar-refractivity contribution in [3.8, 4) is 11.3 Å². The van der Waals surface area contributed by atoms with Crippen molar-refractivity contribution in [3.05, 3.63) is 59.2 Å². The third-order valence-corrected chi connectivity index (χ3v) is 6.08. The molecule has 1 fully saturated rings. The Morgan fingerprint density at radius 3 is 2.76 bits per heavy atom. The zero-order chi connectivity index (χ0) is 23.5.